The van der Waals surface area contributed by atoms with Crippen LogP contribution in [-0.4, -0.2) is 77.7 Å². The van der Waals surface area contributed by atoms with E-state index in [1.165, 1.54) is 4.90 Å². The first-order valence-corrected chi connectivity index (χ1v) is 15.7. The molecular weight excluding hydrogens is 598 g/mol. The van der Waals surface area contributed by atoms with Crippen molar-refractivity contribution >= 4 is 41.0 Å². The number of anilines is 1. The van der Waals surface area contributed by atoms with Crippen LogP contribution in [0.3, 0.4) is 0 Å². The standard InChI is InChI=1S/C34H36ClN3O7/c1-21-10-7-13-23(35)29(21)37-17-8-16-34-28(31(41)38(18-9-19-39)30(34)32(37)42)27-24(45-34)14-5-6-15-26(40)36-20-25(44-33(27)43)22-11-3-2-4-12-22/h2-5,7-8,10-14,16,24-25,27-28,30,39H,6,9,15,17-20H2,1H3,(H,36,40)/b14-5-/t24-,25+,27+,28+,30-,34+/m1/s1. The topological polar surface area (TPSA) is 125 Å². The summed E-state index contributed by atoms with van der Waals surface area (Å²) in [7, 11) is 0. The summed E-state index contributed by atoms with van der Waals surface area (Å²) in [5.74, 6) is -3.78. The predicted octanol–water partition coefficient (Wildman–Crippen LogP) is 3.27. The average molecular weight is 634 g/mol. The maximum Gasteiger partial charge on any atom is 0.313 e. The van der Waals surface area contributed by atoms with Crippen LogP contribution in [0.1, 0.15) is 36.5 Å². The Kier molecular flexibility index (Phi) is 8.81. The maximum absolute atomic E-state index is 14.6. The first-order valence-electron chi connectivity index (χ1n) is 15.3. The lowest BCUT2D eigenvalue weighted by atomic mass is 9.78. The lowest BCUT2D eigenvalue weighted by molar-refractivity contribution is -0.159. The second-order valence-electron chi connectivity index (χ2n) is 11.8. The number of carbonyl (C=O) groups excluding carboxylic acids is 4. The minimum atomic E-state index is -1.48. The van der Waals surface area contributed by atoms with Gasteiger partial charge in [-0.15, -0.1) is 0 Å². The molecule has 1 spiro atoms. The largest absolute Gasteiger partial charge is 0.455 e. The van der Waals surface area contributed by atoms with E-state index in [1.807, 2.05) is 43.3 Å². The van der Waals surface area contributed by atoms with E-state index in [1.54, 1.807) is 41.3 Å². The summed E-state index contributed by atoms with van der Waals surface area (Å²) < 4.78 is 12.8. The van der Waals surface area contributed by atoms with Crippen LogP contribution < -0.4 is 10.2 Å². The lowest BCUT2D eigenvalue weighted by Gasteiger charge is -2.35. The summed E-state index contributed by atoms with van der Waals surface area (Å²) in [5, 5.41) is 12.9. The normalized spacial score (nSPS) is 30.8. The average Bonchev–Trinajstić information content (AvgIpc) is 3.41. The first-order chi connectivity index (χ1) is 21.8. The summed E-state index contributed by atoms with van der Waals surface area (Å²) in [4.78, 5) is 58.7. The van der Waals surface area contributed by atoms with Crippen molar-refractivity contribution in [1.82, 2.24) is 10.2 Å². The number of aliphatic hydroxyl groups excluding tert-OH is 1. The molecule has 11 heteroatoms. The lowest BCUT2D eigenvalue weighted by Crippen LogP contribution is -2.55. The Morgan fingerprint density at radius 1 is 1.04 bits per heavy atom. The second kappa shape index (κ2) is 12.8. The van der Waals surface area contributed by atoms with Crippen molar-refractivity contribution in [1.29, 1.82) is 0 Å². The van der Waals surface area contributed by atoms with Gasteiger partial charge in [-0.05, 0) is 37.0 Å². The number of nitrogens with zero attached hydrogens (tertiary/aromatic N) is 2. The third kappa shape index (κ3) is 5.55. The van der Waals surface area contributed by atoms with Crippen LogP contribution in [-0.2, 0) is 28.7 Å². The highest BCUT2D eigenvalue weighted by Gasteiger charge is 2.71. The van der Waals surface area contributed by atoms with Gasteiger partial charge in [0, 0.05) is 26.1 Å². The van der Waals surface area contributed by atoms with Crippen LogP contribution in [0.25, 0.3) is 0 Å². The fraction of sp³-hybridized carbons (Fsp3) is 0.412. The molecule has 236 valence electrons. The number of carbonyl (C=O) groups is 4. The van der Waals surface area contributed by atoms with Crippen LogP contribution in [0.4, 0.5) is 5.69 Å². The highest BCUT2D eigenvalue weighted by Crippen LogP contribution is 2.53. The molecule has 4 aliphatic rings. The second-order valence-corrected chi connectivity index (χ2v) is 12.2. The molecule has 2 N–H and O–H groups in total. The number of benzene rings is 2. The van der Waals surface area contributed by atoms with Gasteiger partial charge in [0.15, 0.2) is 0 Å². The minimum absolute atomic E-state index is 0.0656. The molecule has 10 nitrogen and oxygen atoms in total. The number of aryl methyl sites for hydroxylation is 1. The van der Waals surface area contributed by atoms with E-state index in [-0.39, 0.29) is 45.0 Å². The van der Waals surface area contributed by atoms with Crippen molar-refractivity contribution in [3.05, 3.63) is 89.0 Å². The van der Waals surface area contributed by atoms with Gasteiger partial charge in [0.1, 0.15) is 23.7 Å². The number of rotatable bonds is 5. The number of cyclic esters (lactones) is 1. The molecule has 4 aliphatic heterocycles. The molecule has 6 atom stereocenters. The Morgan fingerprint density at radius 3 is 2.60 bits per heavy atom. The van der Waals surface area contributed by atoms with Crippen molar-refractivity contribution in [2.24, 2.45) is 11.8 Å². The number of fused-ring (bicyclic) bond motifs is 2. The molecule has 2 aromatic rings. The third-order valence-corrected chi connectivity index (χ3v) is 9.36. The monoisotopic (exact) mass is 633 g/mol. The molecule has 3 amide bonds. The van der Waals surface area contributed by atoms with Crippen molar-refractivity contribution in [2.45, 2.75) is 50.0 Å². The van der Waals surface area contributed by atoms with Crippen LogP contribution in [0.2, 0.25) is 5.02 Å². The Labute approximate surface area is 266 Å². The van der Waals surface area contributed by atoms with Crippen molar-refractivity contribution < 1.29 is 33.8 Å². The number of allylic oxidation sites excluding steroid dienone is 1. The number of halogens is 1. The van der Waals surface area contributed by atoms with E-state index in [0.717, 1.165) is 5.56 Å². The van der Waals surface area contributed by atoms with Gasteiger partial charge in [0.05, 0.1) is 29.3 Å². The quantitative estimate of drug-likeness (QED) is 0.382. The third-order valence-electron chi connectivity index (χ3n) is 9.06. The SMILES string of the molecule is Cc1cccc(Cl)c1N1CC=C[C@]23O[C@@H]4/C=C\CCC(=O)NC[C@@H](c5ccccc5)OC(=O)[C@@H]4[C@H]2C(=O)N(CCCO)[C@@H]3C1=O. The Balaban J connectivity index is 1.44. The van der Waals surface area contributed by atoms with Crippen molar-refractivity contribution in [3.8, 4) is 0 Å². The molecule has 0 unspecified atom stereocenters. The Morgan fingerprint density at radius 2 is 1.84 bits per heavy atom. The van der Waals surface area contributed by atoms with Crippen LogP contribution in [0.5, 0.6) is 0 Å². The van der Waals surface area contributed by atoms with Gasteiger partial charge in [-0.25, -0.2) is 0 Å². The summed E-state index contributed by atoms with van der Waals surface area (Å²) in [5.41, 5.74) is 0.538. The molecule has 0 aliphatic carbocycles. The van der Waals surface area contributed by atoms with E-state index in [2.05, 4.69) is 5.32 Å². The molecule has 2 aromatic carbocycles. The highest BCUT2D eigenvalue weighted by atomic mass is 35.5. The van der Waals surface area contributed by atoms with Crippen LogP contribution in [0.15, 0.2) is 72.8 Å². The molecule has 0 bridgehead atoms. The minimum Gasteiger partial charge on any atom is -0.455 e. The number of ether oxygens (including phenoxy) is 2. The Bertz CT molecular complexity index is 1530. The van der Waals surface area contributed by atoms with Gasteiger partial charge in [0.2, 0.25) is 11.8 Å². The number of nitrogens with one attached hydrogen (secondary N) is 1. The summed E-state index contributed by atoms with van der Waals surface area (Å²) in [6, 6.07) is 13.4. The van der Waals surface area contributed by atoms with E-state index >= 15 is 0 Å². The van der Waals surface area contributed by atoms with Crippen molar-refractivity contribution in [3.63, 3.8) is 0 Å². The fourth-order valence-electron chi connectivity index (χ4n) is 7.05. The zero-order valence-electron chi connectivity index (χ0n) is 24.9. The van der Waals surface area contributed by atoms with Gasteiger partial charge in [0.25, 0.3) is 5.91 Å². The predicted molar refractivity (Wildman–Crippen MR) is 166 cm³/mol. The summed E-state index contributed by atoms with van der Waals surface area (Å²) in [6.45, 7) is 2.01. The van der Waals surface area contributed by atoms with E-state index in [4.69, 9.17) is 21.1 Å². The Hall–Kier alpha value is -3.99. The molecule has 4 heterocycles. The number of esters is 1. The first kappa shape index (κ1) is 31.0. The van der Waals surface area contributed by atoms with E-state index in [9.17, 15) is 24.3 Å². The molecule has 0 saturated carbocycles. The number of hydrogen-bond acceptors (Lipinski definition) is 7. The molecule has 45 heavy (non-hydrogen) atoms. The smallest absolute Gasteiger partial charge is 0.313 e. The van der Waals surface area contributed by atoms with E-state index < -0.39 is 53.5 Å². The van der Waals surface area contributed by atoms with E-state index in [0.29, 0.717) is 22.7 Å². The zero-order valence-corrected chi connectivity index (χ0v) is 25.7. The zero-order chi connectivity index (χ0) is 31.7. The fourth-order valence-corrected chi connectivity index (χ4v) is 7.38. The number of likely N-dealkylation sites (tertiary alicyclic amines) is 1. The highest BCUT2D eigenvalue weighted by molar-refractivity contribution is 6.34. The van der Waals surface area contributed by atoms with Crippen LogP contribution >= 0.6 is 11.6 Å². The molecule has 0 aromatic heterocycles. The molecule has 0 radical (unpaired) electrons. The van der Waals surface area contributed by atoms with Gasteiger partial charge < -0.3 is 29.7 Å². The molecular formula is C34H36ClN3O7. The summed E-state index contributed by atoms with van der Waals surface area (Å²) >= 11 is 6.61. The summed E-state index contributed by atoms with van der Waals surface area (Å²) in [6.07, 6.45) is 6.17. The van der Waals surface area contributed by atoms with Gasteiger partial charge >= 0.3 is 5.97 Å². The molecule has 2 fully saturated rings. The molecule has 2 saturated heterocycles. The number of para-hydroxylation sites is 1. The maximum atomic E-state index is 14.6. The number of amides is 3. The molecule has 6 rings (SSSR count). The number of aliphatic hydroxyl groups is 1. The van der Waals surface area contributed by atoms with Gasteiger partial charge in [-0.2, -0.15) is 0 Å². The number of hydrogen-bond donors (Lipinski definition) is 2. The van der Waals surface area contributed by atoms with Crippen molar-refractivity contribution in [2.75, 3.05) is 31.1 Å². The van der Waals surface area contributed by atoms with Crippen LogP contribution in [0, 0.1) is 18.8 Å². The van der Waals surface area contributed by atoms with Gasteiger partial charge in [-0.1, -0.05) is 78.4 Å². The van der Waals surface area contributed by atoms with Gasteiger partial charge in [-0.3, -0.25) is 19.2 Å².